The van der Waals surface area contributed by atoms with E-state index in [0.29, 0.717) is 12.1 Å². The quantitative estimate of drug-likeness (QED) is 0.267. The van der Waals surface area contributed by atoms with Gasteiger partial charge in [0.1, 0.15) is 12.4 Å². The van der Waals surface area contributed by atoms with Crippen LogP contribution in [0.2, 0.25) is 0 Å². The molecule has 0 aliphatic heterocycles. The van der Waals surface area contributed by atoms with Crippen LogP contribution in [-0.2, 0) is 32.0 Å². The molecule has 0 saturated carbocycles. The molecule has 1 heterocycles. The number of aliphatic carboxylic acids is 1. The average molecular weight is 553 g/mol. The summed E-state index contributed by atoms with van der Waals surface area (Å²) in [7, 11) is 1.21. The van der Waals surface area contributed by atoms with Gasteiger partial charge in [0.25, 0.3) is 0 Å². The van der Waals surface area contributed by atoms with Gasteiger partial charge in [-0.3, -0.25) is 9.59 Å². The molecule has 11 nitrogen and oxygen atoms in total. The predicted octanol–water partition coefficient (Wildman–Crippen LogP) is 2.53. The number of imidazole rings is 1. The van der Waals surface area contributed by atoms with Gasteiger partial charge in [0.05, 0.1) is 18.8 Å². The molecule has 0 fully saturated rings. The van der Waals surface area contributed by atoms with E-state index in [2.05, 4.69) is 15.6 Å². The maximum absolute atomic E-state index is 13.5. The number of fused-ring (bicyclic) bond motifs is 1. The SMILES string of the molecule is COC(=O)n1cncc1C[C@H](NC(=O)C(C)Cc1cccc2ccccc12)C(=O)N[C@@H](CC(C)C)C(O)C(=O)O. The van der Waals surface area contributed by atoms with E-state index in [4.69, 9.17) is 4.74 Å². The van der Waals surface area contributed by atoms with Gasteiger partial charge in [-0.2, -0.15) is 0 Å². The van der Waals surface area contributed by atoms with Crippen LogP contribution in [0.25, 0.3) is 10.8 Å². The third kappa shape index (κ3) is 7.66. The normalized spacial score (nSPS) is 14.2. The highest BCUT2D eigenvalue weighted by Gasteiger charge is 2.32. The van der Waals surface area contributed by atoms with E-state index in [-0.39, 0.29) is 18.8 Å². The first-order valence-corrected chi connectivity index (χ1v) is 13.1. The average Bonchev–Trinajstić information content (AvgIpc) is 3.39. The molecule has 11 heteroatoms. The number of carbonyl (C=O) groups excluding carboxylic acids is 3. The Morgan fingerprint density at radius 3 is 2.35 bits per heavy atom. The Bertz CT molecular complexity index is 1350. The van der Waals surface area contributed by atoms with Crippen LogP contribution in [0.5, 0.6) is 0 Å². The van der Waals surface area contributed by atoms with Gasteiger partial charge in [-0.25, -0.2) is 19.1 Å². The minimum Gasteiger partial charge on any atom is -0.479 e. The number of aliphatic hydroxyl groups is 1. The van der Waals surface area contributed by atoms with Crippen molar-refractivity contribution >= 4 is 34.6 Å². The number of aliphatic hydroxyl groups excluding tert-OH is 1. The standard InChI is InChI=1S/C29H36N4O7/c1-17(2)12-23(25(34)28(37)38)31-27(36)24(14-21-15-30-16-33(21)29(39)40-4)32-26(35)18(3)13-20-10-7-9-19-8-5-6-11-22(19)20/h5-11,15-18,23-25,34H,12-14H2,1-4H3,(H,31,36)(H,32,35)(H,37,38)/t18?,23-,24-,25?/m0/s1. The number of methoxy groups -OCH3 is 1. The Balaban J connectivity index is 1.85. The highest BCUT2D eigenvalue weighted by atomic mass is 16.5. The summed E-state index contributed by atoms with van der Waals surface area (Å²) in [6.07, 6.45) is 0.518. The molecule has 1 aromatic heterocycles. The van der Waals surface area contributed by atoms with Crippen LogP contribution in [-0.4, -0.2) is 68.9 Å². The molecule has 4 N–H and O–H groups in total. The van der Waals surface area contributed by atoms with Crippen molar-refractivity contribution in [2.24, 2.45) is 11.8 Å². The summed E-state index contributed by atoms with van der Waals surface area (Å²) in [5.41, 5.74) is 1.28. The van der Waals surface area contributed by atoms with Crippen molar-refractivity contribution in [2.75, 3.05) is 7.11 Å². The third-order valence-electron chi connectivity index (χ3n) is 6.67. The first kappa shape index (κ1) is 30.3. The number of nitrogens with one attached hydrogen (secondary N) is 2. The van der Waals surface area contributed by atoms with Crippen molar-refractivity contribution in [1.29, 1.82) is 0 Å². The number of rotatable bonds is 12. The summed E-state index contributed by atoms with van der Waals surface area (Å²) < 4.78 is 5.88. The van der Waals surface area contributed by atoms with Crippen molar-refractivity contribution in [1.82, 2.24) is 20.2 Å². The largest absolute Gasteiger partial charge is 0.479 e. The predicted molar refractivity (Wildman–Crippen MR) is 148 cm³/mol. The summed E-state index contributed by atoms with van der Waals surface area (Å²) in [4.78, 5) is 54.4. The minimum absolute atomic E-state index is 0.0335. The summed E-state index contributed by atoms with van der Waals surface area (Å²) in [5.74, 6) is -3.14. The lowest BCUT2D eigenvalue weighted by molar-refractivity contribution is -0.149. The van der Waals surface area contributed by atoms with E-state index in [1.54, 1.807) is 6.92 Å². The molecule has 3 aromatic rings. The second-order valence-electron chi connectivity index (χ2n) is 10.3. The van der Waals surface area contributed by atoms with E-state index >= 15 is 0 Å². The second kappa shape index (κ2) is 13.7. The number of aromatic nitrogens is 2. The van der Waals surface area contributed by atoms with Crippen LogP contribution in [0.3, 0.4) is 0 Å². The van der Waals surface area contributed by atoms with Crippen molar-refractivity contribution < 1.29 is 34.1 Å². The zero-order valence-corrected chi connectivity index (χ0v) is 23.0. The first-order valence-electron chi connectivity index (χ1n) is 13.1. The van der Waals surface area contributed by atoms with Crippen LogP contribution in [0, 0.1) is 11.8 Å². The fraction of sp³-hybridized carbons (Fsp3) is 0.414. The maximum atomic E-state index is 13.5. The molecule has 214 valence electrons. The fourth-order valence-corrected chi connectivity index (χ4v) is 4.59. The number of hydrogen-bond donors (Lipinski definition) is 4. The number of hydrogen-bond acceptors (Lipinski definition) is 7. The topological polar surface area (TPSA) is 160 Å². The van der Waals surface area contributed by atoms with Gasteiger partial charge in [-0.15, -0.1) is 0 Å². The molecule has 0 spiro atoms. The fourth-order valence-electron chi connectivity index (χ4n) is 4.59. The molecule has 0 aliphatic rings. The van der Waals surface area contributed by atoms with E-state index in [1.165, 1.54) is 19.6 Å². The van der Waals surface area contributed by atoms with Crippen LogP contribution in [0.4, 0.5) is 4.79 Å². The van der Waals surface area contributed by atoms with E-state index < -0.39 is 48.0 Å². The Labute approximate surface area is 232 Å². The number of carboxylic acids is 1. The summed E-state index contributed by atoms with van der Waals surface area (Å²) in [5, 5.41) is 27.0. The second-order valence-corrected chi connectivity index (χ2v) is 10.3. The molecule has 2 unspecified atom stereocenters. The summed E-state index contributed by atoms with van der Waals surface area (Å²) in [6.45, 7) is 5.41. The van der Waals surface area contributed by atoms with Crippen LogP contribution in [0.15, 0.2) is 55.0 Å². The lowest BCUT2D eigenvalue weighted by atomic mass is 9.95. The Morgan fingerprint density at radius 1 is 0.975 bits per heavy atom. The molecule has 4 atom stereocenters. The monoisotopic (exact) mass is 552 g/mol. The van der Waals surface area contributed by atoms with Crippen LogP contribution in [0.1, 0.15) is 38.4 Å². The number of nitrogens with zero attached hydrogens (tertiary/aromatic N) is 2. The molecule has 0 bridgehead atoms. The molecule has 2 aromatic carbocycles. The number of carbonyl (C=O) groups is 4. The zero-order chi connectivity index (χ0) is 29.4. The van der Waals surface area contributed by atoms with Crippen LogP contribution >= 0.6 is 0 Å². The third-order valence-corrected chi connectivity index (χ3v) is 6.67. The van der Waals surface area contributed by atoms with E-state index in [9.17, 15) is 29.4 Å². The van der Waals surface area contributed by atoms with E-state index in [1.807, 2.05) is 56.3 Å². The van der Waals surface area contributed by atoms with Crippen molar-refractivity contribution in [3.63, 3.8) is 0 Å². The smallest absolute Gasteiger partial charge is 0.419 e. The number of benzene rings is 2. The highest BCUT2D eigenvalue weighted by molar-refractivity contribution is 5.90. The summed E-state index contributed by atoms with van der Waals surface area (Å²) >= 11 is 0. The van der Waals surface area contributed by atoms with Crippen LogP contribution < -0.4 is 10.6 Å². The highest BCUT2D eigenvalue weighted by Crippen LogP contribution is 2.21. The van der Waals surface area contributed by atoms with E-state index in [0.717, 1.165) is 20.9 Å². The maximum Gasteiger partial charge on any atom is 0.419 e. The molecule has 40 heavy (non-hydrogen) atoms. The Morgan fingerprint density at radius 2 is 1.68 bits per heavy atom. The number of carboxylic acid groups (broad SMARTS) is 1. The van der Waals surface area contributed by atoms with Gasteiger partial charge in [0.15, 0.2) is 6.10 Å². The van der Waals surface area contributed by atoms with Gasteiger partial charge in [-0.05, 0) is 35.1 Å². The number of ether oxygens (including phenoxy) is 1. The molecule has 0 saturated heterocycles. The summed E-state index contributed by atoms with van der Waals surface area (Å²) in [6, 6.07) is 11.4. The molecular weight excluding hydrogens is 516 g/mol. The first-order chi connectivity index (χ1) is 19.0. The van der Waals surface area contributed by atoms with Gasteiger partial charge in [0, 0.05) is 18.5 Å². The molecule has 0 aliphatic carbocycles. The Kier molecular flexibility index (Phi) is 10.4. The lowest BCUT2D eigenvalue weighted by Crippen LogP contribution is -2.55. The number of amides is 2. The molecular formula is C29H36N4O7. The molecule has 2 amide bonds. The van der Waals surface area contributed by atoms with Crippen molar-refractivity contribution in [3.05, 3.63) is 66.2 Å². The van der Waals surface area contributed by atoms with Gasteiger partial charge in [0.2, 0.25) is 11.8 Å². The van der Waals surface area contributed by atoms with Gasteiger partial charge in [-0.1, -0.05) is 63.2 Å². The van der Waals surface area contributed by atoms with Crippen molar-refractivity contribution in [2.45, 2.75) is 58.2 Å². The molecule has 0 radical (unpaired) electrons. The van der Waals surface area contributed by atoms with Crippen molar-refractivity contribution in [3.8, 4) is 0 Å². The lowest BCUT2D eigenvalue weighted by Gasteiger charge is -2.27. The zero-order valence-electron chi connectivity index (χ0n) is 23.0. The minimum atomic E-state index is -1.84. The Hall–Kier alpha value is -4.25. The van der Waals surface area contributed by atoms with Gasteiger partial charge >= 0.3 is 12.1 Å². The van der Waals surface area contributed by atoms with Gasteiger partial charge < -0.3 is 25.6 Å². The molecule has 3 rings (SSSR count).